The number of carbonyl (C=O) groups excluding carboxylic acids is 1. The zero-order chi connectivity index (χ0) is 14.5. The second-order valence-corrected chi connectivity index (χ2v) is 5.54. The lowest BCUT2D eigenvalue weighted by atomic mass is 9.67. The molecule has 0 aromatic carbocycles. The molecule has 0 heterocycles. The van der Waals surface area contributed by atoms with Crippen molar-refractivity contribution >= 4 is 11.7 Å². The molecule has 2 unspecified atom stereocenters. The Hall–Kier alpha value is -1.83. The average molecular weight is 262 g/mol. The number of amides is 2. The van der Waals surface area contributed by atoms with E-state index in [9.17, 15) is 4.79 Å². The van der Waals surface area contributed by atoms with Crippen molar-refractivity contribution in [2.45, 2.75) is 46.0 Å². The first-order valence-electron chi connectivity index (χ1n) is 6.54. The summed E-state index contributed by atoms with van der Waals surface area (Å²) in [6.07, 6.45) is 4.02. The van der Waals surface area contributed by atoms with Gasteiger partial charge in [-0.25, -0.2) is 10.2 Å². The fraction of sp³-hybridized carbons (Fsp3) is 0.643. The predicted molar refractivity (Wildman–Crippen MR) is 75.3 cm³/mol. The van der Waals surface area contributed by atoms with Crippen LogP contribution in [0.15, 0.2) is 17.3 Å². The van der Waals surface area contributed by atoms with E-state index in [1.165, 1.54) is 0 Å². The zero-order valence-corrected chi connectivity index (χ0v) is 11.7. The number of nitrogens with two attached hydrogens (primary N) is 1. The number of nitrogens with one attached hydrogen (secondary N) is 1. The van der Waals surface area contributed by atoms with E-state index in [0.717, 1.165) is 37.0 Å². The second-order valence-electron chi connectivity index (χ2n) is 5.54. The van der Waals surface area contributed by atoms with Crippen molar-refractivity contribution in [2.24, 2.45) is 22.2 Å². The minimum atomic E-state index is -0.660. The zero-order valence-electron chi connectivity index (χ0n) is 11.7. The first-order valence-corrected chi connectivity index (χ1v) is 6.54. The van der Waals surface area contributed by atoms with Crippen molar-refractivity contribution in [1.29, 1.82) is 5.26 Å². The summed E-state index contributed by atoms with van der Waals surface area (Å²) in [6, 6.07) is 1.52. The monoisotopic (exact) mass is 262 g/mol. The molecule has 5 nitrogen and oxygen atoms in total. The second kappa shape index (κ2) is 6.37. The lowest BCUT2D eigenvalue weighted by Gasteiger charge is -2.38. The number of hydrogen-bond donors (Lipinski definition) is 2. The van der Waals surface area contributed by atoms with Crippen molar-refractivity contribution in [3.63, 3.8) is 0 Å². The number of rotatable bonds is 4. The molecular formula is C14H22N4O. The van der Waals surface area contributed by atoms with Crippen LogP contribution in [-0.4, -0.2) is 11.7 Å². The molecule has 1 aliphatic rings. The molecule has 0 radical (unpaired) electrons. The van der Waals surface area contributed by atoms with E-state index in [2.05, 4.69) is 30.1 Å². The summed E-state index contributed by atoms with van der Waals surface area (Å²) in [6.45, 7) is 8.11. The minimum Gasteiger partial charge on any atom is -0.350 e. The molecule has 3 N–H and O–H groups in total. The SMILES string of the molecule is C=C(C)C1CCC(C)(CCC#N)C(=NNC(N)=O)C1. The van der Waals surface area contributed by atoms with Gasteiger partial charge < -0.3 is 5.73 Å². The normalized spacial score (nSPS) is 28.7. The smallest absolute Gasteiger partial charge is 0.332 e. The van der Waals surface area contributed by atoms with Gasteiger partial charge in [-0.2, -0.15) is 10.4 Å². The molecule has 5 heteroatoms. The van der Waals surface area contributed by atoms with Gasteiger partial charge in [-0.3, -0.25) is 0 Å². The summed E-state index contributed by atoms with van der Waals surface area (Å²) in [5, 5.41) is 12.9. The molecule has 1 saturated carbocycles. The molecule has 0 aliphatic heterocycles. The largest absolute Gasteiger partial charge is 0.350 e. The average Bonchev–Trinajstić information content (AvgIpc) is 2.35. The van der Waals surface area contributed by atoms with E-state index in [1.54, 1.807) is 0 Å². The van der Waals surface area contributed by atoms with Crippen LogP contribution in [0, 0.1) is 22.7 Å². The number of urea groups is 1. The molecule has 0 bridgehead atoms. The Labute approximate surface area is 114 Å². The van der Waals surface area contributed by atoms with Crippen LogP contribution in [0.5, 0.6) is 0 Å². The quantitative estimate of drug-likeness (QED) is 0.602. The summed E-state index contributed by atoms with van der Waals surface area (Å²) in [4.78, 5) is 10.8. The molecular weight excluding hydrogens is 240 g/mol. The molecule has 2 amide bonds. The number of hydrazone groups is 1. The Morgan fingerprint density at radius 1 is 1.74 bits per heavy atom. The fourth-order valence-electron chi connectivity index (χ4n) is 2.54. The summed E-state index contributed by atoms with van der Waals surface area (Å²) < 4.78 is 0. The van der Waals surface area contributed by atoms with Crippen LogP contribution in [-0.2, 0) is 0 Å². The number of hydrogen-bond acceptors (Lipinski definition) is 3. The highest BCUT2D eigenvalue weighted by atomic mass is 16.2. The molecule has 1 rings (SSSR count). The standard InChI is InChI=1S/C14H22N4O/c1-10(2)11-5-7-14(3,6-4-8-15)12(9-11)17-18-13(16)19/h11H,1,4-7,9H2,2-3H3,(H3,16,18,19). The van der Waals surface area contributed by atoms with Gasteiger partial charge in [0.25, 0.3) is 0 Å². The van der Waals surface area contributed by atoms with Gasteiger partial charge in [0, 0.05) is 17.5 Å². The van der Waals surface area contributed by atoms with Gasteiger partial charge >= 0.3 is 6.03 Å². The molecule has 0 spiro atoms. The molecule has 1 aliphatic carbocycles. The number of nitrogens with zero attached hydrogens (tertiary/aromatic N) is 2. The summed E-state index contributed by atoms with van der Waals surface area (Å²) in [7, 11) is 0. The lowest BCUT2D eigenvalue weighted by molar-refractivity contribution is 0.248. The van der Waals surface area contributed by atoms with E-state index in [0.29, 0.717) is 12.3 Å². The third-order valence-corrected chi connectivity index (χ3v) is 3.97. The van der Waals surface area contributed by atoms with Crippen LogP contribution >= 0.6 is 0 Å². The first kappa shape index (κ1) is 15.2. The van der Waals surface area contributed by atoms with Gasteiger partial charge in [0.1, 0.15) is 0 Å². The molecule has 0 aromatic heterocycles. The van der Waals surface area contributed by atoms with E-state index in [-0.39, 0.29) is 5.41 Å². The predicted octanol–water partition coefficient (Wildman–Crippen LogP) is 2.70. The van der Waals surface area contributed by atoms with E-state index >= 15 is 0 Å². The Morgan fingerprint density at radius 3 is 2.95 bits per heavy atom. The van der Waals surface area contributed by atoms with Crippen molar-refractivity contribution in [1.82, 2.24) is 5.43 Å². The lowest BCUT2D eigenvalue weighted by Crippen LogP contribution is -2.38. The summed E-state index contributed by atoms with van der Waals surface area (Å²) >= 11 is 0. The Kier molecular flexibility index (Phi) is 5.11. The highest BCUT2D eigenvalue weighted by Gasteiger charge is 2.37. The van der Waals surface area contributed by atoms with Crippen LogP contribution in [0.2, 0.25) is 0 Å². The van der Waals surface area contributed by atoms with Gasteiger partial charge in [-0.05, 0) is 38.5 Å². The van der Waals surface area contributed by atoms with Crippen molar-refractivity contribution in [3.8, 4) is 6.07 Å². The topological polar surface area (TPSA) is 91.3 Å². The maximum absolute atomic E-state index is 10.8. The number of allylic oxidation sites excluding steroid dienone is 1. The van der Waals surface area contributed by atoms with Crippen LogP contribution in [0.4, 0.5) is 4.79 Å². The number of primary amides is 1. The van der Waals surface area contributed by atoms with Gasteiger partial charge in [0.05, 0.1) is 6.07 Å². The first-order chi connectivity index (χ1) is 8.89. The highest BCUT2D eigenvalue weighted by Crippen LogP contribution is 2.41. The molecule has 0 saturated heterocycles. The van der Waals surface area contributed by atoms with Gasteiger partial charge in [-0.15, -0.1) is 0 Å². The molecule has 2 atom stereocenters. The summed E-state index contributed by atoms with van der Waals surface area (Å²) in [5.41, 5.74) is 9.30. The molecule has 1 fully saturated rings. The number of nitriles is 1. The van der Waals surface area contributed by atoms with Gasteiger partial charge in [0.15, 0.2) is 0 Å². The number of carbonyl (C=O) groups is 1. The van der Waals surface area contributed by atoms with E-state index < -0.39 is 6.03 Å². The van der Waals surface area contributed by atoms with Gasteiger partial charge in [0.2, 0.25) is 0 Å². The van der Waals surface area contributed by atoms with Crippen LogP contribution in [0.25, 0.3) is 0 Å². The van der Waals surface area contributed by atoms with Crippen LogP contribution < -0.4 is 11.2 Å². The van der Waals surface area contributed by atoms with Crippen molar-refractivity contribution in [3.05, 3.63) is 12.2 Å². The Balaban J connectivity index is 2.90. The third-order valence-electron chi connectivity index (χ3n) is 3.97. The molecule has 19 heavy (non-hydrogen) atoms. The van der Waals surface area contributed by atoms with E-state index in [4.69, 9.17) is 11.0 Å². The van der Waals surface area contributed by atoms with E-state index in [1.807, 2.05) is 6.92 Å². The summed E-state index contributed by atoms with van der Waals surface area (Å²) in [5.74, 6) is 0.392. The van der Waals surface area contributed by atoms with Gasteiger partial charge in [-0.1, -0.05) is 19.1 Å². The Morgan fingerprint density at radius 2 is 2.42 bits per heavy atom. The third kappa shape index (κ3) is 4.09. The highest BCUT2D eigenvalue weighted by molar-refractivity contribution is 5.92. The Bertz CT molecular complexity index is 435. The van der Waals surface area contributed by atoms with Crippen molar-refractivity contribution < 1.29 is 4.79 Å². The van der Waals surface area contributed by atoms with Crippen LogP contribution in [0.3, 0.4) is 0 Å². The van der Waals surface area contributed by atoms with Crippen molar-refractivity contribution in [2.75, 3.05) is 0 Å². The minimum absolute atomic E-state index is 0.135. The fourth-order valence-corrected chi connectivity index (χ4v) is 2.54. The molecule has 0 aromatic rings. The maximum Gasteiger partial charge on any atom is 0.332 e. The maximum atomic E-state index is 10.8. The molecule has 104 valence electrons. The van der Waals surface area contributed by atoms with Crippen LogP contribution in [0.1, 0.15) is 46.0 Å².